The molecule has 2 N–H and O–H groups in total. The molecule has 2 rings (SSSR count). The van der Waals surface area contributed by atoms with Crippen LogP contribution in [0.5, 0.6) is 0 Å². The van der Waals surface area contributed by atoms with Crippen LogP contribution < -0.4 is 10.6 Å². The highest BCUT2D eigenvalue weighted by Gasteiger charge is 2.09. The topological polar surface area (TPSA) is 48.9 Å². The van der Waals surface area contributed by atoms with E-state index in [0.717, 1.165) is 58.4 Å². The lowest BCUT2D eigenvalue weighted by atomic mass is 10.3. The maximum atomic E-state index is 5.35. The van der Waals surface area contributed by atoms with Crippen molar-refractivity contribution in [2.24, 2.45) is 4.99 Å². The number of nitrogens with one attached hydrogen (secondary N) is 2. The molecule has 1 fully saturated rings. The van der Waals surface area contributed by atoms with Gasteiger partial charge in [-0.25, -0.2) is 4.99 Å². The Kier molecular flexibility index (Phi) is 6.83. The van der Waals surface area contributed by atoms with E-state index in [1.165, 1.54) is 5.56 Å². The number of ether oxygens (including phenoxy) is 1. The molecule has 0 aromatic carbocycles. The van der Waals surface area contributed by atoms with Crippen LogP contribution in [0.25, 0.3) is 0 Å². The summed E-state index contributed by atoms with van der Waals surface area (Å²) in [5, 5.41) is 10.9. The van der Waals surface area contributed by atoms with Gasteiger partial charge in [-0.15, -0.1) is 0 Å². The molecule has 0 bridgehead atoms. The fraction of sp³-hybridized carbons (Fsp3) is 0.643. The van der Waals surface area contributed by atoms with Gasteiger partial charge in [0.15, 0.2) is 5.96 Å². The van der Waals surface area contributed by atoms with Crippen molar-refractivity contribution in [3.8, 4) is 0 Å². The molecule has 0 atom stereocenters. The van der Waals surface area contributed by atoms with E-state index in [2.05, 4.69) is 44.3 Å². The van der Waals surface area contributed by atoms with Crippen LogP contribution in [-0.4, -0.2) is 56.8 Å². The normalized spacial score (nSPS) is 17.1. The van der Waals surface area contributed by atoms with E-state index < -0.39 is 0 Å². The zero-order valence-electron chi connectivity index (χ0n) is 12.1. The first-order valence-corrected chi connectivity index (χ1v) is 8.16. The van der Waals surface area contributed by atoms with E-state index in [1.54, 1.807) is 11.3 Å². The summed E-state index contributed by atoms with van der Waals surface area (Å²) in [6.45, 7) is 9.42. The molecule has 1 aliphatic rings. The summed E-state index contributed by atoms with van der Waals surface area (Å²) in [5.74, 6) is 0.895. The Morgan fingerprint density at radius 2 is 2.25 bits per heavy atom. The second-order valence-electron chi connectivity index (χ2n) is 4.71. The van der Waals surface area contributed by atoms with Crippen LogP contribution >= 0.6 is 11.3 Å². The first kappa shape index (κ1) is 15.3. The number of rotatable bonds is 6. The summed E-state index contributed by atoms with van der Waals surface area (Å²) >= 11 is 1.71. The molecule has 1 aromatic rings. The Morgan fingerprint density at radius 1 is 1.40 bits per heavy atom. The highest BCUT2D eigenvalue weighted by atomic mass is 32.1. The lowest BCUT2D eigenvalue weighted by molar-refractivity contribution is 0.0389. The molecule has 0 aliphatic carbocycles. The first-order chi connectivity index (χ1) is 9.88. The number of hydrogen-bond donors (Lipinski definition) is 2. The molecule has 20 heavy (non-hydrogen) atoms. The lowest BCUT2D eigenvalue weighted by Gasteiger charge is -2.26. The van der Waals surface area contributed by atoms with Crippen molar-refractivity contribution in [1.82, 2.24) is 15.5 Å². The van der Waals surface area contributed by atoms with E-state index >= 15 is 0 Å². The SMILES string of the molecule is CCNC(=NCc1ccsc1)NCCN1CCOCC1. The first-order valence-electron chi connectivity index (χ1n) is 7.22. The highest BCUT2D eigenvalue weighted by Crippen LogP contribution is 2.06. The highest BCUT2D eigenvalue weighted by molar-refractivity contribution is 7.07. The minimum absolute atomic E-state index is 0.733. The summed E-state index contributed by atoms with van der Waals surface area (Å²) in [4.78, 5) is 7.01. The number of aliphatic imine (C=N–C) groups is 1. The maximum absolute atomic E-state index is 5.35. The summed E-state index contributed by atoms with van der Waals surface area (Å²) in [5.41, 5.74) is 1.26. The molecule has 0 unspecified atom stereocenters. The molecule has 5 nitrogen and oxygen atoms in total. The van der Waals surface area contributed by atoms with Gasteiger partial charge in [-0.2, -0.15) is 11.3 Å². The molecule has 6 heteroatoms. The number of morpholine rings is 1. The van der Waals surface area contributed by atoms with Crippen molar-refractivity contribution >= 4 is 17.3 Å². The quantitative estimate of drug-likeness (QED) is 0.610. The molecular weight excluding hydrogens is 272 g/mol. The molecule has 0 amide bonds. The predicted octanol–water partition coefficient (Wildman–Crippen LogP) is 1.14. The summed E-state index contributed by atoms with van der Waals surface area (Å²) < 4.78 is 5.35. The average molecular weight is 296 g/mol. The van der Waals surface area contributed by atoms with Crippen molar-refractivity contribution in [1.29, 1.82) is 0 Å². The Hall–Kier alpha value is -1.11. The lowest BCUT2D eigenvalue weighted by Crippen LogP contribution is -2.44. The summed E-state index contributed by atoms with van der Waals surface area (Å²) in [7, 11) is 0. The zero-order chi connectivity index (χ0) is 14.0. The van der Waals surface area contributed by atoms with Crippen LogP contribution in [0.2, 0.25) is 0 Å². The van der Waals surface area contributed by atoms with Gasteiger partial charge in [0.2, 0.25) is 0 Å². The van der Waals surface area contributed by atoms with Gasteiger partial charge in [0.05, 0.1) is 19.8 Å². The summed E-state index contributed by atoms with van der Waals surface area (Å²) in [6.07, 6.45) is 0. The van der Waals surface area contributed by atoms with E-state index in [9.17, 15) is 0 Å². The number of hydrogen-bond acceptors (Lipinski definition) is 4. The third-order valence-electron chi connectivity index (χ3n) is 3.17. The molecular formula is C14H24N4OS. The van der Waals surface area contributed by atoms with E-state index in [1.807, 2.05) is 0 Å². The van der Waals surface area contributed by atoms with Gasteiger partial charge in [0.1, 0.15) is 0 Å². The molecule has 1 aliphatic heterocycles. The van der Waals surface area contributed by atoms with Crippen molar-refractivity contribution in [2.75, 3.05) is 45.9 Å². The minimum Gasteiger partial charge on any atom is -0.379 e. The zero-order valence-corrected chi connectivity index (χ0v) is 12.9. The third kappa shape index (κ3) is 5.48. The van der Waals surface area contributed by atoms with Gasteiger partial charge in [-0.1, -0.05) is 0 Å². The van der Waals surface area contributed by atoms with E-state index in [-0.39, 0.29) is 0 Å². The fourth-order valence-corrected chi connectivity index (χ4v) is 2.71. The van der Waals surface area contributed by atoms with Gasteiger partial charge < -0.3 is 15.4 Å². The van der Waals surface area contributed by atoms with Gasteiger partial charge >= 0.3 is 0 Å². The monoisotopic (exact) mass is 296 g/mol. The summed E-state index contributed by atoms with van der Waals surface area (Å²) in [6, 6.07) is 2.12. The molecule has 0 radical (unpaired) electrons. The van der Waals surface area contributed by atoms with Crippen molar-refractivity contribution < 1.29 is 4.74 Å². The van der Waals surface area contributed by atoms with Gasteiger partial charge in [0, 0.05) is 32.7 Å². The van der Waals surface area contributed by atoms with Crippen LogP contribution in [0.1, 0.15) is 12.5 Å². The van der Waals surface area contributed by atoms with Crippen molar-refractivity contribution in [3.63, 3.8) is 0 Å². The van der Waals surface area contributed by atoms with Crippen LogP contribution in [0.15, 0.2) is 21.8 Å². The molecule has 1 aromatic heterocycles. The number of thiophene rings is 1. The van der Waals surface area contributed by atoms with Crippen LogP contribution in [-0.2, 0) is 11.3 Å². The minimum atomic E-state index is 0.733. The Morgan fingerprint density at radius 3 is 2.95 bits per heavy atom. The molecule has 0 spiro atoms. The van der Waals surface area contributed by atoms with E-state index in [0.29, 0.717) is 0 Å². The average Bonchev–Trinajstić information content (AvgIpc) is 2.99. The van der Waals surface area contributed by atoms with E-state index in [4.69, 9.17) is 4.74 Å². The maximum Gasteiger partial charge on any atom is 0.191 e. The van der Waals surface area contributed by atoms with Crippen molar-refractivity contribution in [3.05, 3.63) is 22.4 Å². The molecule has 0 saturated carbocycles. The van der Waals surface area contributed by atoms with Crippen LogP contribution in [0, 0.1) is 0 Å². The predicted molar refractivity (Wildman–Crippen MR) is 84.4 cm³/mol. The standard InChI is InChI=1S/C14H24N4OS/c1-2-15-14(17-11-13-3-10-20-12-13)16-4-5-18-6-8-19-9-7-18/h3,10,12H,2,4-9,11H2,1H3,(H2,15,16,17). The number of nitrogens with zero attached hydrogens (tertiary/aromatic N) is 2. The molecule has 1 saturated heterocycles. The fourth-order valence-electron chi connectivity index (χ4n) is 2.05. The molecule has 2 heterocycles. The van der Waals surface area contributed by atoms with Crippen molar-refractivity contribution in [2.45, 2.75) is 13.5 Å². The van der Waals surface area contributed by atoms with Crippen LogP contribution in [0.4, 0.5) is 0 Å². The van der Waals surface area contributed by atoms with Gasteiger partial charge in [-0.05, 0) is 29.3 Å². The second kappa shape index (κ2) is 8.94. The third-order valence-corrected chi connectivity index (χ3v) is 3.90. The Balaban J connectivity index is 1.72. The number of guanidine groups is 1. The smallest absolute Gasteiger partial charge is 0.191 e. The second-order valence-corrected chi connectivity index (χ2v) is 5.49. The van der Waals surface area contributed by atoms with Crippen LogP contribution in [0.3, 0.4) is 0 Å². The van der Waals surface area contributed by atoms with Gasteiger partial charge in [0.25, 0.3) is 0 Å². The Labute approximate surface area is 125 Å². The molecule has 112 valence electrons. The largest absolute Gasteiger partial charge is 0.379 e. The van der Waals surface area contributed by atoms with Gasteiger partial charge in [-0.3, -0.25) is 4.90 Å². The Bertz CT molecular complexity index is 388.